The van der Waals surface area contributed by atoms with Gasteiger partial charge in [-0.25, -0.2) is 9.79 Å². The van der Waals surface area contributed by atoms with Gasteiger partial charge in [0, 0.05) is 19.2 Å². The van der Waals surface area contributed by atoms with Crippen LogP contribution in [0.5, 0.6) is 5.75 Å². The number of halogens is 2. The van der Waals surface area contributed by atoms with Crippen LogP contribution in [0, 0.1) is 10.5 Å². The number of ether oxygens (including phenoxy) is 2. The zero-order chi connectivity index (χ0) is 21.1. The minimum Gasteiger partial charge on any atom is -0.488 e. The van der Waals surface area contributed by atoms with Crippen molar-refractivity contribution in [3.8, 4) is 5.75 Å². The fourth-order valence-electron chi connectivity index (χ4n) is 2.88. The topological polar surface area (TPSA) is 47.9 Å². The van der Waals surface area contributed by atoms with Crippen LogP contribution >= 0.6 is 38.5 Å². The highest BCUT2D eigenvalue weighted by atomic mass is 127. The molecule has 3 aromatic carbocycles. The molecule has 3 aromatic rings. The molecule has 0 aromatic heterocycles. The number of aryl methyl sites for hydroxylation is 1. The van der Waals surface area contributed by atoms with Gasteiger partial charge in [0.1, 0.15) is 12.4 Å². The second kappa shape index (κ2) is 9.14. The summed E-state index contributed by atoms with van der Waals surface area (Å²) in [6.07, 6.45) is 1.70. The number of esters is 1. The average Bonchev–Trinajstić information content (AvgIpc) is 3.11. The highest BCUT2D eigenvalue weighted by molar-refractivity contribution is 14.1. The summed E-state index contributed by atoms with van der Waals surface area (Å²) < 4.78 is 13.5. The second-order valence-electron chi connectivity index (χ2n) is 6.75. The van der Waals surface area contributed by atoms with Gasteiger partial charge in [-0.2, -0.15) is 0 Å². The molecule has 0 radical (unpaired) electrons. The lowest BCUT2D eigenvalue weighted by Gasteiger charge is -2.09. The zero-order valence-electron chi connectivity index (χ0n) is 16.1. The van der Waals surface area contributed by atoms with E-state index in [4.69, 9.17) is 9.47 Å². The number of nitrogens with zero attached hydrogens (tertiary/aromatic N) is 1. The third kappa shape index (κ3) is 4.82. The first kappa shape index (κ1) is 20.8. The Morgan fingerprint density at radius 2 is 1.87 bits per heavy atom. The summed E-state index contributed by atoms with van der Waals surface area (Å²) in [6, 6.07) is 21.4. The molecule has 0 unspecified atom stereocenters. The molecule has 6 heteroatoms. The average molecular weight is 574 g/mol. The van der Waals surface area contributed by atoms with Crippen molar-refractivity contribution in [3.63, 3.8) is 0 Å². The lowest BCUT2D eigenvalue weighted by atomic mass is 10.1. The van der Waals surface area contributed by atoms with Gasteiger partial charge in [-0.1, -0.05) is 52.3 Å². The lowest BCUT2D eigenvalue weighted by Crippen LogP contribution is -2.05. The van der Waals surface area contributed by atoms with E-state index < -0.39 is 5.97 Å². The summed E-state index contributed by atoms with van der Waals surface area (Å²) in [5, 5.41) is 0. The number of hydrogen-bond donors (Lipinski definition) is 0. The van der Waals surface area contributed by atoms with E-state index >= 15 is 0 Å². The molecule has 4 nitrogen and oxygen atoms in total. The van der Waals surface area contributed by atoms with Gasteiger partial charge < -0.3 is 9.47 Å². The molecule has 0 saturated heterocycles. The van der Waals surface area contributed by atoms with Gasteiger partial charge in [0.2, 0.25) is 5.90 Å². The van der Waals surface area contributed by atoms with Crippen LogP contribution in [0.1, 0.15) is 22.3 Å². The highest BCUT2D eigenvalue weighted by Crippen LogP contribution is 2.26. The van der Waals surface area contributed by atoms with Gasteiger partial charge in [0.05, 0.1) is 0 Å². The number of rotatable bonds is 5. The fourth-order valence-corrected chi connectivity index (χ4v) is 3.66. The van der Waals surface area contributed by atoms with Crippen molar-refractivity contribution in [2.75, 3.05) is 0 Å². The standard InChI is InChI=1S/C24H17BrINO3/c1-15-6-9-18(12-20(15)26)23-27-21(24(28)30-23)13-17-4-2-3-5-22(17)29-14-16-7-10-19(25)11-8-16/h2-13H,14H2,1H3. The molecule has 150 valence electrons. The number of para-hydroxylation sites is 1. The van der Waals surface area contributed by atoms with Crippen molar-refractivity contribution in [2.45, 2.75) is 13.5 Å². The molecule has 1 heterocycles. The first-order chi connectivity index (χ1) is 14.5. The van der Waals surface area contributed by atoms with Gasteiger partial charge in [-0.15, -0.1) is 0 Å². The summed E-state index contributed by atoms with van der Waals surface area (Å²) in [6.45, 7) is 2.46. The SMILES string of the molecule is Cc1ccc(C2=NC(=Cc3ccccc3OCc3ccc(Br)cc3)C(=O)O2)cc1I. The quantitative estimate of drug-likeness (QED) is 0.205. The monoisotopic (exact) mass is 573 g/mol. The molecule has 1 aliphatic heterocycles. The third-order valence-corrected chi connectivity index (χ3v) is 6.25. The number of hydrogen-bond acceptors (Lipinski definition) is 4. The van der Waals surface area contributed by atoms with Crippen molar-refractivity contribution in [1.29, 1.82) is 0 Å². The van der Waals surface area contributed by atoms with E-state index in [9.17, 15) is 4.79 Å². The number of benzene rings is 3. The second-order valence-corrected chi connectivity index (χ2v) is 8.83. The molecule has 4 rings (SSSR count). The molecule has 0 saturated carbocycles. The van der Waals surface area contributed by atoms with Crippen LogP contribution in [-0.2, 0) is 16.1 Å². The molecule has 0 atom stereocenters. The summed E-state index contributed by atoms with van der Waals surface area (Å²) in [5.41, 5.74) is 4.01. The molecular formula is C24H17BrINO3. The van der Waals surface area contributed by atoms with Crippen LogP contribution in [0.4, 0.5) is 0 Å². The van der Waals surface area contributed by atoms with E-state index in [0.29, 0.717) is 18.3 Å². The first-order valence-corrected chi connectivity index (χ1v) is 11.1. The molecule has 0 fully saturated rings. The molecular weight excluding hydrogens is 557 g/mol. The maximum atomic E-state index is 12.4. The van der Waals surface area contributed by atoms with E-state index in [2.05, 4.69) is 43.5 Å². The Hall–Kier alpha value is -2.45. The van der Waals surface area contributed by atoms with Crippen LogP contribution in [0.25, 0.3) is 6.08 Å². The predicted molar refractivity (Wildman–Crippen MR) is 129 cm³/mol. The number of aliphatic imine (C=N–C) groups is 1. The van der Waals surface area contributed by atoms with Crippen molar-refractivity contribution in [1.82, 2.24) is 0 Å². The minimum absolute atomic E-state index is 0.250. The summed E-state index contributed by atoms with van der Waals surface area (Å²) in [4.78, 5) is 16.8. The van der Waals surface area contributed by atoms with Gasteiger partial charge in [0.25, 0.3) is 0 Å². The van der Waals surface area contributed by atoms with Gasteiger partial charge in [-0.05, 0) is 77.0 Å². The Kier molecular flexibility index (Phi) is 6.34. The maximum absolute atomic E-state index is 12.4. The van der Waals surface area contributed by atoms with Crippen LogP contribution in [-0.4, -0.2) is 11.9 Å². The Morgan fingerprint density at radius 3 is 2.63 bits per heavy atom. The number of cyclic esters (lactones) is 1. The highest BCUT2D eigenvalue weighted by Gasteiger charge is 2.24. The van der Waals surface area contributed by atoms with Crippen LogP contribution in [0.15, 0.2) is 81.9 Å². The van der Waals surface area contributed by atoms with Crippen LogP contribution < -0.4 is 4.74 Å². The van der Waals surface area contributed by atoms with Crippen LogP contribution in [0.2, 0.25) is 0 Å². The minimum atomic E-state index is -0.469. The molecule has 0 spiro atoms. The largest absolute Gasteiger partial charge is 0.488 e. The third-order valence-electron chi connectivity index (χ3n) is 4.56. The fraction of sp³-hybridized carbons (Fsp3) is 0.0833. The number of carbonyl (C=O) groups excluding carboxylic acids is 1. The summed E-state index contributed by atoms with van der Waals surface area (Å²) in [7, 11) is 0. The van der Waals surface area contributed by atoms with E-state index in [1.54, 1.807) is 6.08 Å². The van der Waals surface area contributed by atoms with Gasteiger partial charge >= 0.3 is 5.97 Å². The molecule has 0 N–H and O–H groups in total. The number of carbonyl (C=O) groups is 1. The smallest absolute Gasteiger partial charge is 0.363 e. The normalized spacial score (nSPS) is 14.6. The van der Waals surface area contributed by atoms with Crippen molar-refractivity contribution in [3.05, 3.63) is 103 Å². The Balaban J connectivity index is 1.58. The van der Waals surface area contributed by atoms with E-state index in [1.807, 2.05) is 73.7 Å². The Labute approximate surface area is 196 Å². The summed E-state index contributed by atoms with van der Waals surface area (Å²) >= 11 is 5.69. The Morgan fingerprint density at radius 1 is 1.10 bits per heavy atom. The zero-order valence-corrected chi connectivity index (χ0v) is 19.8. The maximum Gasteiger partial charge on any atom is 0.363 e. The molecule has 0 bridgehead atoms. The van der Waals surface area contributed by atoms with Gasteiger partial charge in [0.15, 0.2) is 5.70 Å². The van der Waals surface area contributed by atoms with Crippen molar-refractivity contribution in [2.24, 2.45) is 4.99 Å². The van der Waals surface area contributed by atoms with Crippen molar-refractivity contribution >= 4 is 56.5 Å². The molecule has 1 aliphatic rings. The van der Waals surface area contributed by atoms with E-state index in [-0.39, 0.29) is 5.70 Å². The van der Waals surface area contributed by atoms with E-state index in [1.165, 1.54) is 0 Å². The molecule has 30 heavy (non-hydrogen) atoms. The Bertz CT molecular complexity index is 1170. The summed E-state index contributed by atoms with van der Waals surface area (Å²) in [5.74, 6) is 0.523. The van der Waals surface area contributed by atoms with Gasteiger partial charge in [-0.3, -0.25) is 0 Å². The van der Waals surface area contributed by atoms with E-state index in [0.717, 1.165) is 30.3 Å². The molecule has 0 amide bonds. The van der Waals surface area contributed by atoms with Crippen molar-refractivity contribution < 1.29 is 14.3 Å². The molecule has 0 aliphatic carbocycles. The lowest BCUT2D eigenvalue weighted by molar-refractivity contribution is -0.129. The first-order valence-electron chi connectivity index (χ1n) is 9.25. The van der Waals surface area contributed by atoms with Crippen LogP contribution in [0.3, 0.4) is 0 Å². The predicted octanol–water partition coefficient (Wildman–Crippen LogP) is 6.29.